The maximum Gasteiger partial charge on any atom is 0.209 e. The van der Waals surface area contributed by atoms with Crippen LogP contribution in [0.1, 0.15) is 39.0 Å². The molecule has 0 aliphatic heterocycles. The van der Waals surface area contributed by atoms with Gasteiger partial charge in [-0.15, -0.1) is 0 Å². The van der Waals surface area contributed by atoms with E-state index in [1.807, 2.05) is 13.2 Å². The Labute approximate surface area is 88.2 Å². The minimum atomic E-state index is -0.472. The van der Waals surface area contributed by atoms with Crippen LogP contribution in [0.2, 0.25) is 0 Å². The number of rotatable bonds is 8. The molecule has 0 amide bonds. The molecular formula is C10H16BrO2. The molecule has 0 saturated heterocycles. The smallest absolute Gasteiger partial charge is 0.209 e. The predicted octanol–water partition coefficient (Wildman–Crippen LogP) is 2.65. The second-order valence-corrected chi connectivity index (χ2v) is 3.86. The highest BCUT2D eigenvalue weighted by Gasteiger charge is 2.16. The van der Waals surface area contributed by atoms with Crippen molar-refractivity contribution in [3.63, 3.8) is 0 Å². The van der Waals surface area contributed by atoms with Crippen molar-refractivity contribution < 1.29 is 9.59 Å². The first-order chi connectivity index (χ1) is 6.26. The van der Waals surface area contributed by atoms with Crippen LogP contribution in [0.4, 0.5) is 0 Å². The minimum Gasteiger partial charge on any atom is -0.299 e. The number of Topliss-reactive ketones (excluding diaryl/α,β-unsaturated/α-hetero) is 1. The quantitative estimate of drug-likeness (QED) is 0.376. The van der Waals surface area contributed by atoms with E-state index in [-0.39, 0.29) is 5.78 Å². The van der Waals surface area contributed by atoms with Gasteiger partial charge in [-0.1, -0.05) is 29.3 Å². The number of carbonyl (C=O) groups excluding carboxylic acids is 2. The van der Waals surface area contributed by atoms with Gasteiger partial charge in [-0.25, -0.2) is 0 Å². The third-order valence-corrected chi connectivity index (χ3v) is 2.48. The first kappa shape index (κ1) is 12.8. The van der Waals surface area contributed by atoms with E-state index in [1.165, 1.54) is 0 Å². The molecular weight excluding hydrogens is 232 g/mol. The Balaban J connectivity index is 3.70. The average molecular weight is 248 g/mol. The number of alkyl halides is 1. The van der Waals surface area contributed by atoms with Gasteiger partial charge in [-0.05, 0) is 19.3 Å². The van der Waals surface area contributed by atoms with Crippen molar-refractivity contribution in [2.75, 3.05) is 5.33 Å². The van der Waals surface area contributed by atoms with Crippen molar-refractivity contribution in [3.8, 4) is 0 Å². The fraction of sp³-hybridized carbons (Fsp3) is 0.800. The molecule has 0 spiro atoms. The van der Waals surface area contributed by atoms with Crippen LogP contribution in [0.3, 0.4) is 0 Å². The Morgan fingerprint density at radius 3 is 2.62 bits per heavy atom. The van der Waals surface area contributed by atoms with E-state index >= 15 is 0 Å². The molecule has 0 aromatic heterocycles. The standard InChI is InChI=1S/C10H16BrO2/c1-2-5-9(8-12)10(13)6-3-4-7-11/h9H,2-7H2,1H3. The van der Waals surface area contributed by atoms with Gasteiger partial charge in [-0.3, -0.25) is 9.59 Å². The lowest BCUT2D eigenvalue weighted by Gasteiger charge is -2.05. The number of carbonyl (C=O) groups is 1. The molecule has 0 aliphatic carbocycles. The molecule has 75 valence electrons. The second-order valence-electron chi connectivity index (χ2n) is 3.07. The van der Waals surface area contributed by atoms with Gasteiger partial charge in [-0.2, -0.15) is 0 Å². The lowest BCUT2D eigenvalue weighted by molar-refractivity contribution is -0.121. The topological polar surface area (TPSA) is 34.1 Å². The molecule has 0 N–H and O–H groups in total. The van der Waals surface area contributed by atoms with E-state index < -0.39 is 5.92 Å². The number of hydrogen-bond acceptors (Lipinski definition) is 2. The normalized spacial score (nSPS) is 12.5. The monoisotopic (exact) mass is 247 g/mol. The molecule has 1 radical (unpaired) electrons. The fourth-order valence-electron chi connectivity index (χ4n) is 1.14. The maximum atomic E-state index is 11.4. The molecule has 3 heteroatoms. The van der Waals surface area contributed by atoms with E-state index in [2.05, 4.69) is 15.9 Å². The molecule has 0 saturated carbocycles. The molecule has 0 fully saturated rings. The van der Waals surface area contributed by atoms with Gasteiger partial charge in [0.25, 0.3) is 0 Å². The summed E-state index contributed by atoms with van der Waals surface area (Å²) in [5.41, 5.74) is 0. The summed E-state index contributed by atoms with van der Waals surface area (Å²) in [5, 5.41) is 0.920. The van der Waals surface area contributed by atoms with Gasteiger partial charge in [0.1, 0.15) is 5.78 Å². The van der Waals surface area contributed by atoms with Gasteiger partial charge in [0.2, 0.25) is 6.29 Å². The van der Waals surface area contributed by atoms with Gasteiger partial charge < -0.3 is 0 Å². The van der Waals surface area contributed by atoms with Crippen molar-refractivity contribution in [1.82, 2.24) is 0 Å². The van der Waals surface area contributed by atoms with Crippen LogP contribution in [-0.4, -0.2) is 17.4 Å². The van der Waals surface area contributed by atoms with Crippen molar-refractivity contribution in [1.29, 1.82) is 0 Å². The molecule has 0 bridgehead atoms. The number of hydrogen-bond donors (Lipinski definition) is 0. The summed E-state index contributed by atoms with van der Waals surface area (Å²) in [7, 11) is 0. The third-order valence-electron chi connectivity index (χ3n) is 1.92. The molecule has 13 heavy (non-hydrogen) atoms. The number of ketones is 1. The van der Waals surface area contributed by atoms with Gasteiger partial charge in [0.05, 0.1) is 5.92 Å². The molecule has 1 unspecified atom stereocenters. The van der Waals surface area contributed by atoms with Crippen molar-refractivity contribution in [3.05, 3.63) is 0 Å². The molecule has 0 rings (SSSR count). The van der Waals surface area contributed by atoms with E-state index in [0.717, 1.165) is 24.6 Å². The fourth-order valence-corrected chi connectivity index (χ4v) is 1.54. The van der Waals surface area contributed by atoms with Crippen molar-refractivity contribution in [2.24, 2.45) is 5.92 Å². The Hall–Kier alpha value is -0.180. The summed E-state index contributed by atoms with van der Waals surface area (Å²) in [5.74, 6) is -0.418. The van der Waals surface area contributed by atoms with Crippen LogP contribution in [-0.2, 0) is 9.59 Å². The Morgan fingerprint density at radius 1 is 1.46 bits per heavy atom. The summed E-state index contributed by atoms with van der Waals surface area (Å²) in [6, 6.07) is 0. The predicted molar refractivity (Wildman–Crippen MR) is 56.7 cm³/mol. The summed E-state index contributed by atoms with van der Waals surface area (Å²) in [6.07, 6.45) is 5.71. The molecule has 0 aliphatic rings. The van der Waals surface area contributed by atoms with Crippen LogP contribution < -0.4 is 0 Å². The maximum absolute atomic E-state index is 11.4. The Kier molecular flexibility index (Phi) is 8.30. The zero-order chi connectivity index (χ0) is 10.1. The van der Waals surface area contributed by atoms with Crippen LogP contribution in [0, 0.1) is 5.92 Å². The Bertz CT molecular complexity index is 157. The summed E-state index contributed by atoms with van der Waals surface area (Å²) in [4.78, 5) is 21.8. The van der Waals surface area contributed by atoms with Crippen LogP contribution in [0.25, 0.3) is 0 Å². The average Bonchev–Trinajstić information content (AvgIpc) is 2.14. The lowest BCUT2D eigenvalue weighted by atomic mass is 9.97. The zero-order valence-electron chi connectivity index (χ0n) is 8.01. The van der Waals surface area contributed by atoms with Crippen LogP contribution in [0.15, 0.2) is 0 Å². The summed E-state index contributed by atoms with van der Waals surface area (Å²) >= 11 is 3.30. The minimum absolute atomic E-state index is 0.0535. The number of halogens is 1. The first-order valence-electron chi connectivity index (χ1n) is 4.72. The van der Waals surface area contributed by atoms with E-state index in [4.69, 9.17) is 0 Å². The zero-order valence-corrected chi connectivity index (χ0v) is 9.60. The molecule has 0 aromatic carbocycles. The molecule has 2 nitrogen and oxygen atoms in total. The largest absolute Gasteiger partial charge is 0.299 e. The van der Waals surface area contributed by atoms with Crippen LogP contribution in [0.5, 0.6) is 0 Å². The highest BCUT2D eigenvalue weighted by atomic mass is 79.9. The van der Waals surface area contributed by atoms with Crippen molar-refractivity contribution in [2.45, 2.75) is 39.0 Å². The number of unbranched alkanes of at least 4 members (excludes halogenated alkanes) is 1. The van der Waals surface area contributed by atoms with Gasteiger partial charge >= 0.3 is 0 Å². The van der Waals surface area contributed by atoms with Gasteiger partial charge in [0, 0.05) is 11.8 Å². The lowest BCUT2D eigenvalue weighted by Crippen LogP contribution is -2.15. The van der Waals surface area contributed by atoms with E-state index in [0.29, 0.717) is 12.8 Å². The summed E-state index contributed by atoms with van der Waals surface area (Å²) in [6.45, 7) is 1.97. The Morgan fingerprint density at radius 2 is 2.15 bits per heavy atom. The van der Waals surface area contributed by atoms with E-state index in [1.54, 1.807) is 0 Å². The second kappa shape index (κ2) is 8.42. The van der Waals surface area contributed by atoms with Crippen molar-refractivity contribution >= 4 is 28.0 Å². The summed E-state index contributed by atoms with van der Waals surface area (Å²) < 4.78 is 0. The SMILES string of the molecule is CCCC([C]=O)C(=O)CCCCBr. The van der Waals surface area contributed by atoms with Gasteiger partial charge in [0.15, 0.2) is 0 Å². The highest BCUT2D eigenvalue weighted by Crippen LogP contribution is 2.10. The molecule has 0 heterocycles. The highest BCUT2D eigenvalue weighted by molar-refractivity contribution is 9.09. The molecule has 1 atom stereocenters. The molecule has 0 aromatic rings. The van der Waals surface area contributed by atoms with E-state index in [9.17, 15) is 9.59 Å². The first-order valence-corrected chi connectivity index (χ1v) is 5.84. The third kappa shape index (κ3) is 5.97. The van der Waals surface area contributed by atoms with Crippen LogP contribution >= 0.6 is 15.9 Å².